The summed E-state index contributed by atoms with van der Waals surface area (Å²) in [7, 11) is 4.17. The first kappa shape index (κ1) is 18.8. The number of benzene rings is 1. The number of hydrogen-bond acceptors (Lipinski definition) is 2. The minimum absolute atomic E-state index is 0.227. The van der Waals surface area contributed by atoms with Crippen LogP contribution in [0.15, 0.2) is 18.2 Å². The summed E-state index contributed by atoms with van der Waals surface area (Å²) in [5, 5.41) is 4.64. The average molecular weight is 331 g/mol. The maximum Gasteiger partial charge on any atom is 0.0640 e. The van der Waals surface area contributed by atoms with Gasteiger partial charge in [-0.25, -0.2) is 0 Å². The van der Waals surface area contributed by atoms with Crippen molar-refractivity contribution in [3.05, 3.63) is 33.8 Å². The molecule has 1 aromatic carbocycles. The Kier molecular flexibility index (Phi) is 8.04. The molecule has 1 aromatic rings. The Morgan fingerprint density at radius 2 is 1.86 bits per heavy atom. The minimum atomic E-state index is 0.227. The second-order valence-electron chi connectivity index (χ2n) is 6.23. The fourth-order valence-electron chi connectivity index (χ4n) is 2.66. The summed E-state index contributed by atoms with van der Waals surface area (Å²) < 4.78 is 0. The second kappa shape index (κ2) is 8.99. The van der Waals surface area contributed by atoms with Crippen molar-refractivity contribution in [1.29, 1.82) is 0 Å². The summed E-state index contributed by atoms with van der Waals surface area (Å²) in [5.41, 5.74) is 1.08. The van der Waals surface area contributed by atoms with E-state index in [0.717, 1.165) is 24.4 Å². The van der Waals surface area contributed by atoms with Gasteiger partial charge in [0.2, 0.25) is 0 Å². The molecule has 4 heteroatoms. The molecule has 1 rings (SSSR count). The van der Waals surface area contributed by atoms with Gasteiger partial charge in [-0.05, 0) is 58.0 Å². The summed E-state index contributed by atoms with van der Waals surface area (Å²) in [6.07, 6.45) is 2.23. The highest BCUT2D eigenvalue weighted by Crippen LogP contribution is 2.31. The SMILES string of the molecule is CNC(CCN(C)C(C)CC(C)C)c1cccc(Cl)c1Cl. The maximum absolute atomic E-state index is 6.33. The highest BCUT2D eigenvalue weighted by molar-refractivity contribution is 6.42. The third kappa shape index (κ3) is 5.78. The van der Waals surface area contributed by atoms with Crippen LogP contribution in [-0.4, -0.2) is 31.6 Å². The summed E-state index contributed by atoms with van der Waals surface area (Å²) in [6, 6.07) is 6.66. The van der Waals surface area contributed by atoms with Crippen LogP contribution in [0.25, 0.3) is 0 Å². The van der Waals surface area contributed by atoms with E-state index in [4.69, 9.17) is 23.2 Å². The lowest BCUT2D eigenvalue weighted by Gasteiger charge is -2.28. The number of hydrogen-bond donors (Lipinski definition) is 1. The number of rotatable bonds is 8. The predicted octanol–water partition coefficient (Wildman–Crippen LogP) is 5.01. The molecule has 0 aliphatic rings. The largest absolute Gasteiger partial charge is 0.313 e. The lowest BCUT2D eigenvalue weighted by atomic mass is 10.0. The van der Waals surface area contributed by atoms with E-state index in [1.807, 2.05) is 25.2 Å². The van der Waals surface area contributed by atoms with Crippen LogP contribution in [0.1, 0.15) is 45.2 Å². The lowest BCUT2D eigenvalue weighted by Crippen LogP contribution is -2.33. The number of nitrogens with one attached hydrogen (secondary N) is 1. The minimum Gasteiger partial charge on any atom is -0.313 e. The zero-order valence-corrected chi connectivity index (χ0v) is 15.3. The molecular formula is C17H28Cl2N2. The standard InChI is InChI=1S/C17H28Cl2N2/c1-12(2)11-13(3)21(5)10-9-16(20-4)14-7-6-8-15(18)17(14)19/h6-8,12-13,16,20H,9-11H2,1-5H3. The van der Waals surface area contributed by atoms with Crippen molar-refractivity contribution in [2.45, 2.75) is 45.7 Å². The summed E-state index contributed by atoms with van der Waals surface area (Å²) in [4.78, 5) is 2.42. The molecule has 0 amide bonds. The van der Waals surface area contributed by atoms with E-state index < -0.39 is 0 Å². The summed E-state index contributed by atoms with van der Waals surface area (Å²) in [5.74, 6) is 0.727. The van der Waals surface area contributed by atoms with Crippen LogP contribution in [0.3, 0.4) is 0 Å². The molecule has 1 N–H and O–H groups in total. The van der Waals surface area contributed by atoms with Gasteiger partial charge in [-0.1, -0.05) is 49.2 Å². The zero-order chi connectivity index (χ0) is 16.0. The van der Waals surface area contributed by atoms with Crippen LogP contribution < -0.4 is 5.32 Å². The molecule has 0 fully saturated rings. The molecular weight excluding hydrogens is 303 g/mol. The Morgan fingerprint density at radius 3 is 2.43 bits per heavy atom. The normalized spacial score (nSPS) is 14.7. The van der Waals surface area contributed by atoms with Crippen molar-refractivity contribution >= 4 is 23.2 Å². The molecule has 2 nitrogen and oxygen atoms in total. The molecule has 2 atom stereocenters. The van der Waals surface area contributed by atoms with Crippen molar-refractivity contribution in [3.63, 3.8) is 0 Å². The van der Waals surface area contributed by atoms with Gasteiger partial charge in [0.1, 0.15) is 0 Å². The van der Waals surface area contributed by atoms with Gasteiger partial charge < -0.3 is 10.2 Å². The monoisotopic (exact) mass is 330 g/mol. The van der Waals surface area contributed by atoms with Gasteiger partial charge in [0.05, 0.1) is 10.0 Å². The van der Waals surface area contributed by atoms with Crippen LogP contribution in [0, 0.1) is 5.92 Å². The van der Waals surface area contributed by atoms with Gasteiger partial charge in [-0.3, -0.25) is 0 Å². The molecule has 120 valence electrons. The number of nitrogens with zero attached hydrogens (tertiary/aromatic N) is 1. The first-order chi connectivity index (χ1) is 9.86. The van der Waals surface area contributed by atoms with E-state index in [9.17, 15) is 0 Å². The van der Waals surface area contributed by atoms with Crippen molar-refractivity contribution in [2.24, 2.45) is 5.92 Å². The van der Waals surface area contributed by atoms with Gasteiger partial charge in [-0.15, -0.1) is 0 Å². The van der Waals surface area contributed by atoms with Crippen molar-refractivity contribution < 1.29 is 0 Å². The Balaban J connectivity index is 2.64. The Morgan fingerprint density at radius 1 is 1.19 bits per heavy atom. The zero-order valence-electron chi connectivity index (χ0n) is 13.8. The first-order valence-electron chi connectivity index (χ1n) is 7.68. The molecule has 0 aliphatic carbocycles. The van der Waals surface area contributed by atoms with E-state index in [1.165, 1.54) is 6.42 Å². The van der Waals surface area contributed by atoms with E-state index in [-0.39, 0.29) is 6.04 Å². The molecule has 0 heterocycles. The topological polar surface area (TPSA) is 15.3 Å². The van der Waals surface area contributed by atoms with Crippen molar-refractivity contribution in [1.82, 2.24) is 10.2 Å². The van der Waals surface area contributed by atoms with Crippen LogP contribution in [0.2, 0.25) is 10.0 Å². The fourth-order valence-corrected chi connectivity index (χ4v) is 3.10. The molecule has 0 saturated heterocycles. The third-order valence-corrected chi connectivity index (χ3v) is 4.87. The number of halogens is 2. The maximum atomic E-state index is 6.33. The van der Waals surface area contributed by atoms with E-state index in [2.05, 4.69) is 38.0 Å². The summed E-state index contributed by atoms with van der Waals surface area (Å²) in [6.45, 7) is 7.86. The van der Waals surface area contributed by atoms with Crippen LogP contribution in [0.5, 0.6) is 0 Å². The van der Waals surface area contributed by atoms with Gasteiger partial charge in [0.15, 0.2) is 0 Å². The molecule has 21 heavy (non-hydrogen) atoms. The van der Waals surface area contributed by atoms with Crippen molar-refractivity contribution in [3.8, 4) is 0 Å². The smallest absolute Gasteiger partial charge is 0.0640 e. The van der Waals surface area contributed by atoms with Crippen molar-refractivity contribution in [2.75, 3.05) is 20.6 Å². The van der Waals surface area contributed by atoms with Crippen LogP contribution in [0.4, 0.5) is 0 Å². The molecule has 0 spiro atoms. The first-order valence-corrected chi connectivity index (χ1v) is 8.43. The Hall–Kier alpha value is -0.280. The second-order valence-corrected chi connectivity index (χ2v) is 7.02. The average Bonchev–Trinajstić information content (AvgIpc) is 2.42. The molecule has 0 saturated carbocycles. The molecule has 0 aliphatic heterocycles. The van der Waals surface area contributed by atoms with Gasteiger partial charge in [0.25, 0.3) is 0 Å². The van der Waals surface area contributed by atoms with E-state index >= 15 is 0 Å². The Labute approximate surface area is 139 Å². The fraction of sp³-hybridized carbons (Fsp3) is 0.647. The van der Waals surface area contributed by atoms with Crippen LogP contribution >= 0.6 is 23.2 Å². The molecule has 0 radical (unpaired) electrons. The van der Waals surface area contributed by atoms with E-state index in [0.29, 0.717) is 16.1 Å². The highest BCUT2D eigenvalue weighted by Gasteiger charge is 2.17. The Bertz CT molecular complexity index is 435. The predicted molar refractivity (Wildman–Crippen MR) is 94.4 cm³/mol. The molecule has 0 aromatic heterocycles. The quantitative estimate of drug-likeness (QED) is 0.720. The van der Waals surface area contributed by atoms with E-state index in [1.54, 1.807) is 0 Å². The van der Waals surface area contributed by atoms with Crippen LogP contribution in [-0.2, 0) is 0 Å². The molecule has 0 bridgehead atoms. The van der Waals surface area contributed by atoms with Gasteiger partial charge in [-0.2, -0.15) is 0 Å². The van der Waals surface area contributed by atoms with Gasteiger partial charge >= 0.3 is 0 Å². The lowest BCUT2D eigenvalue weighted by molar-refractivity contribution is 0.218. The third-order valence-electron chi connectivity index (χ3n) is 4.04. The highest BCUT2D eigenvalue weighted by atomic mass is 35.5. The summed E-state index contributed by atoms with van der Waals surface area (Å²) >= 11 is 12.4. The molecule has 2 unspecified atom stereocenters. The van der Waals surface area contributed by atoms with Gasteiger partial charge in [0, 0.05) is 12.1 Å².